The van der Waals surface area contributed by atoms with Gasteiger partial charge in [-0.25, -0.2) is 13.6 Å². The lowest BCUT2D eigenvalue weighted by Gasteiger charge is -2.23. The first kappa shape index (κ1) is 16.0. The van der Waals surface area contributed by atoms with Gasteiger partial charge in [0.1, 0.15) is 23.5 Å². The summed E-state index contributed by atoms with van der Waals surface area (Å²) in [5.41, 5.74) is 0.938. The molecule has 2 aromatic rings. The molecule has 0 saturated heterocycles. The van der Waals surface area contributed by atoms with E-state index in [1.54, 1.807) is 12.1 Å². The number of carbonyl (C=O) groups is 1. The molecule has 0 saturated carbocycles. The van der Waals surface area contributed by atoms with E-state index in [0.29, 0.717) is 5.75 Å². The first-order valence-electron chi connectivity index (χ1n) is 7.34. The highest BCUT2D eigenvalue weighted by Gasteiger charge is 2.29. The van der Waals surface area contributed by atoms with Gasteiger partial charge in [0.15, 0.2) is 0 Å². The first-order valence-corrected chi connectivity index (χ1v) is 7.34. The monoisotopic (exact) mass is 331 g/mol. The van der Waals surface area contributed by atoms with E-state index in [4.69, 9.17) is 9.47 Å². The summed E-state index contributed by atoms with van der Waals surface area (Å²) < 4.78 is 38.0. The third-order valence-electron chi connectivity index (χ3n) is 3.74. The molecule has 1 unspecified atom stereocenters. The molecule has 0 radical (unpaired) electrons. The van der Waals surface area contributed by atoms with Crippen molar-refractivity contribution in [1.82, 2.24) is 4.90 Å². The van der Waals surface area contributed by atoms with Crippen molar-refractivity contribution < 1.29 is 23.0 Å². The topological polar surface area (TPSA) is 38.8 Å². The van der Waals surface area contributed by atoms with Crippen molar-refractivity contribution in [1.29, 1.82) is 0 Å². The van der Waals surface area contributed by atoms with Crippen molar-refractivity contribution >= 4 is 6.09 Å². The van der Waals surface area contributed by atoms with Crippen molar-refractivity contribution in [3.05, 3.63) is 78.1 Å². The number of nitrogens with zero attached hydrogens (tertiary/aromatic N) is 1. The number of rotatable bonds is 2. The quantitative estimate of drug-likeness (QED) is 0.775. The molecule has 1 amide bonds. The Hall–Kier alpha value is -2.89. The maximum atomic E-state index is 14.1. The van der Waals surface area contributed by atoms with Gasteiger partial charge in [-0.05, 0) is 18.2 Å². The third kappa shape index (κ3) is 3.22. The predicted octanol–water partition coefficient (Wildman–Crippen LogP) is 4.18. The van der Waals surface area contributed by atoms with Gasteiger partial charge in [-0.15, -0.1) is 0 Å². The second kappa shape index (κ2) is 6.70. The number of hydrogen-bond acceptors (Lipinski definition) is 3. The standard InChI is InChI=1S/C18H15F2NO3/c1-2-23-18(22)21-10-12-5-3-4-6-16(12)24-17(11-21)14-8-7-13(19)9-15(14)20/h2-9,17H,1,10-11H2. The highest BCUT2D eigenvalue weighted by atomic mass is 19.1. The molecule has 1 aliphatic heterocycles. The van der Waals surface area contributed by atoms with E-state index in [9.17, 15) is 13.6 Å². The third-order valence-corrected chi connectivity index (χ3v) is 3.74. The largest absolute Gasteiger partial charge is 0.483 e. The molecule has 0 fully saturated rings. The summed E-state index contributed by atoms with van der Waals surface area (Å²) in [6.45, 7) is 3.67. The van der Waals surface area contributed by atoms with Crippen LogP contribution in [0.4, 0.5) is 13.6 Å². The summed E-state index contributed by atoms with van der Waals surface area (Å²) in [7, 11) is 0. The molecule has 1 aliphatic rings. The minimum atomic E-state index is -0.786. The molecule has 6 heteroatoms. The van der Waals surface area contributed by atoms with Crippen LogP contribution in [0.5, 0.6) is 5.75 Å². The van der Waals surface area contributed by atoms with Gasteiger partial charge in [0.2, 0.25) is 0 Å². The summed E-state index contributed by atoms with van der Waals surface area (Å²) >= 11 is 0. The molecular weight excluding hydrogens is 316 g/mol. The van der Waals surface area contributed by atoms with Gasteiger partial charge in [0.05, 0.1) is 19.4 Å². The Bertz CT molecular complexity index is 779. The van der Waals surface area contributed by atoms with E-state index in [2.05, 4.69) is 6.58 Å². The molecule has 24 heavy (non-hydrogen) atoms. The maximum Gasteiger partial charge on any atom is 0.415 e. The molecule has 0 bridgehead atoms. The summed E-state index contributed by atoms with van der Waals surface area (Å²) in [4.78, 5) is 13.5. The van der Waals surface area contributed by atoms with Crippen LogP contribution in [0.1, 0.15) is 17.2 Å². The van der Waals surface area contributed by atoms with Crippen LogP contribution < -0.4 is 4.74 Å². The van der Waals surface area contributed by atoms with Crippen LogP contribution in [-0.2, 0) is 11.3 Å². The van der Waals surface area contributed by atoms with E-state index >= 15 is 0 Å². The van der Waals surface area contributed by atoms with E-state index in [-0.39, 0.29) is 18.7 Å². The zero-order chi connectivity index (χ0) is 17.1. The molecule has 3 rings (SSSR count). The number of benzene rings is 2. The van der Waals surface area contributed by atoms with Crippen molar-refractivity contribution in [3.63, 3.8) is 0 Å². The average molecular weight is 331 g/mol. The number of hydrogen-bond donors (Lipinski definition) is 0. The Kier molecular flexibility index (Phi) is 4.46. The van der Waals surface area contributed by atoms with E-state index in [1.165, 1.54) is 11.0 Å². The summed E-state index contributed by atoms with van der Waals surface area (Å²) in [6.07, 6.45) is -0.363. The second-order valence-corrected chi connectivity index (χ2v) is 5.31. The predicted molar refractivity (Wildman–Crippen MR) is 83.3 cm³/mol. The molecule has 0 aromatic heterocycles. The molecule has 0 aliphatic carbocycles. The number of ether oxygens (including phenoxy) is 2. The van der Waals surface area contributed by atoms with Crippen LogP contribution in [0.25, 0.3) is 0 Å². The Morgan fingerprint density at radius 3 is 2.83 bits per heavy atom. The smallest absolute Gasteiger partial charge is 0.415 e. The SMILES string of the molecule is C=COC(=O)N1Cc2ccccc2OC(c2ccc(F)cc2F)C1. The molecule has 2 aromatic carbocycles. The number of amides is 1. The van der Waals surface area contributed by atoms with Gasteiger partial charge in [-0.3, -0.25) is 4.90 Å². The summed E-state index contributed by atoms with van der Waals surface area (Å²) in [5, 5.41) is 0. The first-order chi connectivity index (χ1) is 11.6. The normalized spacial score (nSPS) is 16.6. The molecule has 124 valence electrons. The van der Waals surface area contributed by atoms with Crippen molar-refractivity contribution in [2.24, 2.45) is 0 Å². The van der Waals surface area contributed by atoms with Crippen LogP contribution in [0.15, 0.2) is 55.3 Å². The van der Waals surface area contributed by atoms with E-state index in [1.807, 2.05) is 12.1 Å². The van der Waals surface area contributed by atoms with Gasteiger partial charge < -0.3 is 9.47 Å². The van der Waals surface area contributed by atoms with Gasteiger partial charge in [0, 0.05) is 17.2 Å². The zero-order valence-electron chi connectivity index (χ0n) is 12.7. The van der Waals surface area contributed by atoms with Gasteiger partial charge in [-0.1, -0.05) is 24.8 Å². The molecule has 4 nitrogen and oxygen atoms in total. The summed E-state index contributed by atoms with van der Waals surface area (Å²) in [5.74, 6) is -0.857. The number of para-hydroxylation sites is 1. The molecule has 0 N–H and O–H groups in total. The summed E-state index contributed by atoms with van der Waals surface area (Å²) in [6, 6.07) is 10.4. The highest BCUT2D eigenvalue weighted by Crippen LogP contribution is 2.32. The van der Waals surface area contributed by atoms with Crippen molar-refractivity contribution in [3.8, 4) is 5.75 Å². The number of halogens is 2. The second-order valence-electron chi connectivity index (χ2n) is 5.31. The number of carbonyl (C=O) groups excluding carboxylic acids is 1. The lowest BCUT2D eigenvalue weighted by Crippen LogP contribution is -2.33. The van der Waals surface area contributed by atoms with Gasteiger partial charge >= 0.3 is 6.09 Å². The van der Waals surface area contributed by atoms with Crippen molar-refractivity contribution in [2.45, 2.75) is 12.6 Å². The fourth-order valence-electron chi connectivity index (χ4n) is 2.62. The number of fused-ring (bicyclic) bond motifs is 1. The Morgan fingerprint density at radius 1 is 1.29 bits per heavy atom. The maximum absolute atomic E-state index is 14.1. The Labute approximate surface area is 137 Å². The van der Waals surface area contributed by atoms with Crippen LogP contribution in [0.3, 0.4) is 0 Å². The minimum Gasteiger partial charge on any atom is -0.483 e. The minimum absolute atomic E-state index is 0.0594. The van der Waals surface area contributed by atoms with E-state index in [0.717, 1.165) is 24.0 Å². The van der Waals surface area contributed by atoms with Crippen molar-refractivity contribution in [2.75, 3.05) is 6.54 Å². The molecular formula is C18H15F2NO3. The Morgan fingerprint density at radius 2 is 2.08 bits per heavy atom. The van der Waals surface area contributed by atoms with Gasteiger partial charge in [-0.2, -0.15) is 0 Å². The fourth-order valence-corrected chi connectivity index (χ4v) is 2.62. The van der Waals surface area contributed by atoms with Crippen LogP contribution >= 0.6 is 0 Å². The van der Waals surface area contributed by atoms with Gasteiger partial charge in [0.25, 0.3) is 0 Å². The van der Waals surface area contributed by atoms with E-state index < -0.39 is 23.8 Å². The lowest BCUT2D eigenvalue weighted by atomic mass is 10.1. The van der Waals surface area contributed by atoms with Crippen LogP contribution in [0, 0.1) is 11.6 Å². The zero-order valence-corrected chi connectivity index (χ0v) is 12.7. The lowest BCUT2D eigenvalue weighted by molar-refractivity contribution is 0.109. The average Bonchev–Trinajstić information content (AvgIpc) is 2.74. The highest BCUT2D eigenvalue weighted by molar-refractivity contribution is 5.68. The Balaban J connectivity index is 1.99. The molecule has 0 spiro atoms. The van der Waals surface area contributed by atoms with Crippen LogP contribution in [0.2, 0.25) is 0 Å². The van der Waals surface area contributed by atoms with Crippen LogP contribution in [-0.4, -0.2) is 17.5 Å². The molecule has 1 atom stereocenters. The molecule has 1 heterocycles. The fraction of sp³-hybridized carbons (Fsp3) is 0.167.